The molecule has 0 spiro atoms. The third kappa shape index (κ3) is 3.87. The van der Waals surface area contributed by atoms with Gasteiger partial charge in [-0.15, -0.1) is 11.3 Å². The molecule has 0 saturated carbocycles. The molecule has 3 N–H and O–H groups in total. The van der Waals surface area contributed by atoms with Crippen LogP contribution >= 0.6 is 22.9 Å². The Hall–Kier alpha value is -2.09. The van der Waals surface area contributed by atoms with E-state index in [1.807, 2.05) is 23.6 Å². The molecule has 24 heavy (non-hydrogen) atoms. The summed E-state index contributed by atoms with van der Waals surface area (Å²) in [6.45, 7) is 2.07. The Morgan fingerprint density at radius 2 is 2.33 bits per heavy atom. The Bertz CT molecular complexity index is 846. The maximum Gasteiger partial charge on any atom is 0.248 e. The van der Waals surface area contributed by atoms with Crippen LogP contribution in [0.15, 0.2) is 29.1 Å². The van der Waals surface area contributed by atoms with Crippen LogP contribution < -0.4 is 10.1 Å². The molecular weight excluding hydrogens is 350 g/mol. The van der Waals surface area contributed by atoms with Gasteiger partial charge in [0.15, 0.2) is 0 Å². The SMILES string of the molecule is C[C@H](O)C(=O)NCc1cc2cc(Cl)c(OCc3cscn3)cc2[nH]1. The number of carbonyl (C=O) groups is 1. The third-order valence-corrected chi connectivity index (χ3v) is 4.35. The van der Waals surface area contributed by atoms with E-state index in [0.29, 0.717) is 23.9 Å². The van der Waals surface area contributed by atoms with Crippen molar-refractivity contribution in [2.75, 3.05) is 0 Å². The van der Waals surface area contributed by atoms with Crippen LogP contribution in [0.4, 0.5) is 0 Å². The van der Waals surface area contributed by atoms with Gasteiger partial charge in [0.25, 0.3) is 0 Å². The largest absolute Gasteiger partial charge is 0.486 e. The Morgan fingerprint density at radius 1 is 1.50 bits per heavy atom. The summed E-state index contributed by atoms with van der Waals surface area (Å²) in [5, 5.41) is 15.2. The number of aliphatic hydroxyl groups excluding tert-OH is 1. The summed E-state index contributed by atoms with van der Waals surface area (Å²) in [5.41, 5.74) is 4.27. The van der Waals surface area contributed by atoms with Gasteiger partial charge in [-0.3, -0.25) is 4.79 Å². The molecule has 126 valence electrons. The van der Waals surface area contributed by atoms with Gasteiger partial charge in [-0.2, -0.15) is 0 Å². The average Bonchev–Trinajstić information content (AvgIpc) is 3.19. The van der Waals surface area contributed by atoms with Crippen molar-refractivity contribution in [3.05, 3.63) is 45.5 Å². The zero-order valence-electron chi connectivity index (χ0n) is 12.9. The van der Waals surface area contributed by atoms with Crippen LogP contribution in [0.1, 0.15) is 18.3 Å². The Morgan fingerprint density at radius 3 is 3.04 bits per heavy atom. The number of aliphatic hydroxyl groups is 1. The number of aromatic nitrogens is 2. The van der Waals surface area contributed by atoms with E-state index in [1.165, 1.54) is 18.3 Å². The van der Waals surface area contributed by atoms with Gasteiger partial charge in [0.2, 0.25) is 5.91 Å². The first-order chi connectivity index (χ1) is 11.5. The lowest BCUT2D eigenvalue weighted by molar-refractivity contribution is -0.128. The predicted octanol–water partition coefficient (Wildman–Crippen LogP) is 2.85. The van der Waals surface area contributed by atoms with Crippen molar-refractivity contribution in [3.8, 4) is 5.75 Å². The van der Waals surface area contributed by atoms with E-state index in [9.17, 15) is 9.90 Å². The number of amides is 1. The van der Waals surface area contributed by atoms with Crippen LogP contribution in [0.5, 0.6) is 5.75 Å². The normalized spacial score (nSPS) is 12.3. The second kappa shape index (κ2) is 7.21. The number of benzene rings is 1. The molecule has 2 heterocycles. The lowest BCUT2D eigenvalue weighted by atomic mass is 10.2. The van der Waals surface area contributed by atoms with Crippen molar-refractivity contribution in [1.29, 1.82) is 0 Å². The van der Waals surface area contributed by atoms with Crippen molar-refractivity contribution in [2.24, 2.45) is 0 Å². The summed E-state index contributed by atoms with van der Waals surface area (Å²) >= 11 is 7.77. The summed E-state index contributed by atoms with van der Waals surface area (Å²) < 4.78 is 5.72. The summed E-state index contributed by atoms with van der Waals surface area (Å²) in [6.07, 6.45) is -1.03. The van der Waals surface area contributed by atoms with E-state index >= 15 is 0 Å². The van der Waals surface area contributed by atoms with E-state index in [4.69, 9.17) is 16.3 Å². The molecule has 0 aliphatic heterocycles. The van der Waals surface area contributed by atoms with Gasteiger partial charge < -0.3 is 20.1 Å². The number of halogens is 1. The molecule has 3 rings (SSSR count). The number of aromatic amines is 1. The van der Waals surface area contributed by atoms with Crippen LogP contribution in [0.3, 0.4) is 0 Å². The summed E-state index contributed by atoms with van der Waals surface area (Å²) in [5.74, 6) is 0.151. The van der Waals surface area contributed by atoms with Gasteiger partial charge in [-0.1, -0.05) is 11.6 Å². The van der Waals surface area contributed by atoms with Gasteiger partial charge in [-0.25, -0.2) is 4.98 Å². The second-order valence-corrected chi connectivity index (χ2v) is 6.45. The molecule has 0 aliphatic rings. The van der Waals surface area contributed by atoms with Crippen LogP contribution in [0, 0.1) is 0 Å². The maximum absolute atomic E-state index is 11.4. The van der Waals surface area contributed by atoms with Crippen LogP contribution in [-0.4, -0.2) is 27.1 Å². The van der Waals surface area contributed by atoms with E-state index in [-0.39, 0.29) is 0 Å². The highest BCUT2D eigenvalue weighted by Gasteiger charge is 2.11. The summed E-state index contributed by atoms with van der Waals surface area (Å²) in [6, 6.07) is 5.53. The first-order valence-electron chi connectivity index (χ1n) is 7.29. The number of ether oxygens (including phenoxy) is 1. The Balaban J connectivity index is 1.73. The molecule has 0 fully saturated rings. The van der Waals surface area contributed by atoms with E-state index in [0.717, 1.165) is 22.3 Å². The van der Waals surface area contributed by atoms with Crippen molar-refractivity contribution in [2.45, 2.75) is 26.2 Å². The van der Waals surface area contributed by atoms with Crippen LogP contribution in [0.25, 0.3) is 10.9 Å². The highest BCUT2D eigenvalue weighted by Crippen LogP contribution is 2.31. The Kier molecular flexibility index (Phi) is 5.03. The van der Waals surface area contributed by atoms with Crippen LogP contribution in [0.2, 0.25) is 5.02 Å². The average molecular weight is 366 g/mol. The number of nitrogens with zero attached hydrogens (tertiary/aromatic N) is 1. The molecule has 8 heteroatoms. The molecule has 0 bridgehead atoms. The zero-order chi connectivity index (χ0) is 17.1. The fraction of sp³-hybridized carbons (Fsp3) is 0.250. The van der Waals surface area contributed by atoms with Crippen LogP contribution in [-0.2, 0) is 17.9 Å². The van der Waals surface area contributed by atoms with E-state index in [2.05, 4.69) is 15.3 Å². The minimum Gasteiger partial charge on any atom is -0.486 e. The number of carbonyl (C=O) groups excluding carboxylic acids is 1. The molecule has 2 aromatic heterocycles. The number of hydrogen-bond acceptors (Lipinski definition) is 5. The fourth-order valence-corrected chi connectivity index (χ4v) is 2.96. The van der Waals surface area contributed by atoms with Gasteiger partial charge >= 0.3 is 0 Å². The minimum atomic E-state index is -1.03. The molecule has 3 aromatic rings. The lowest BCUT2D eigenvalue weighted by Gasteiger charge is -2.06. The minimum absolute atomic E-state index is 0.297. The van der Waals surface area contributed by atoms with Gasteiger partial charge in [0.1, 0.15) is 18.5 Å². The van der Waals surface area contributed by atoms with E-state index in [1.54, 1.807) is 5.51 Å². The molecule has 0 aliphatic carbocycles. The van der Waals surface area contributed by atoms with E-state index < -0.39 is 12.0 Å². The molecular formula is C16H16ClN3O3S. The highest BCUT2D eigenvalue weighted by atomic mass is 35.5. The standard InChI is InChI=1S/C16H16ClN3O3S/c1-9(21)16(22)18-5-11-2-10-3-13(17)15(4-14(10)20-11)23-6-12-7-24-8-19-12/h2-4,7-9,20-21H,5-6H2,1H3,(H,18,22)/t9-/m0/s1. The number of rotatable bonds is 6. The quantitative estimate of drug-likeness (QED) is 0.626. The molecule has 1 amide bonds. The lowest BCUT2D eigenvalue weighted by Crippen LogP contribution is -2.32. The molecule has 6 nitrogen and oxygen atoms in total. The van der Waals surface area contributed by atoms with Crippen molar-refractivity contribution < 1.29 is 14.6 Å². The van der Waals surface area contributed by atoms with Gasteiger partial charge in [-0.05, 0) is 19.1 Å². The second-order valence-electron chi connectivity index (χ2n) is 5.33. The molecule has 1 atom stereocenters. The van der Waals surface area contributed by atoms with Gasteiger partial charge in [0.05, 0.1) is 22.8 Å². The molecule has 0 unspecified atom stereocenters. The zero-order valence-corrected chi connectivity index (χ0v) is 14.4. The first-order valence-corrected chi connectivity index (χ1v) is 8.62. The number of nitrogens with one attached hydrogen (secondary N) is 2. The van der Waals surface area contributed by atoms with Crippen molar-refractivity contribution >= 4 is 39.7 Å². The number of H-pyrrole nitrogens is 1. The number of hydrogen-bond donors (Lipinski definition) is 3. The molecule has 1 aromatic carbocycles. The highest BCUT2D eigenvalue weighted by molar-refractivity contribution is 7.07. The number of thiazole rings is 1. The van der Waals surface area contributed by atoms with Crippen molar-refractivity contribution in [1.82, 2.24) is 15.3 Å². The smallest absolute Gasteiger partial charge is 0.248 e. The molecule has 0 radical (unpaired) electrons. The number of fused-ring (bicyclic) bond motifs is 1. The van der Waals surface area contributed by atoms with Gasteiger partial charge in [0, 0.05) is 28.0 Å². The topological polar surface area (TPSA) is 87.2 Å². The first kappa shape index (κ1) is 16.8. The summed E-state index contributed by atoms with van der Waals surface area (Å²) in [7, 11) is 0. The monoisotopic (exact) mass is 365 g/mol. The summed E-state index contributed by atoms with van der Waals surface area (Å²) in [4.78, 5) is 18.8. The van der Waals surface area contributed by atoms with Crippen molar-refractivity contribution in [3.63, 3.8) is 0 Å². The fourth-order valence-electron chi connectivity index (χ4n) is 2.19. The predicted molar refractivity (Wildman–Crippen MR) is 93.3 cm³/mol. The molecule has 0 saturated heterocycles. The maximum atomic E-state index is 11.4. The Labute approximate surface area is 147 Å². The third-order valence-electron chi connectivity index (χ3n) is 3.42.